The van der Waals surface area contributed by atoms with Crippen LogP contribution in [0.4, 0.5) is 5.82 Å². The van der Waals surface area contributed by atoms with Crippen LogP contribution in [0, 0.1) is 11.8 Å². The van der Waals surface area contributed by atoms with Crippen molar-refractivity contribution in [3.05, 3.63) is 30.0 Å². The molecule has 0 spiro atoms. The Bertz CT molecular complexity index is 905. The van der Waals surface area contributed by atoms with E-state index in [1.807, 2.05) is 35.9 Å². The van der Waals surface area contributed by atoms with E-state index in [0.29, 0.717) is 44.3 Å². The second-order valence-electron chi connectivity index (χ2n) is 7.62. The lowest BCUT2D eigenvalue weighted by atomic mass is 9.99. The third kappa shape index (κ3) is 3.29. The van der Waals surface area contributed by atoms with Crippen molar-refractivity contribution in [1.29, 1.82) is 0 Å². The zero-order valence-corrected chi connectivity index (χ0v) is 15.6. The maximum atomic E-state index is 12.2. The summed E-state index contributed by atoms with van der Waals surface area (Å²) in [6, 6.07) is 5.91. The van der Waals surface area contributed by atoms with Crippen LogP contribution in [0.2, 0.25) is 0 Å². The third-order valence-electron chi connectivity index (χ3n) is 5.26. The topological polar surface area (TPSA) is 90.5 Å². The van der Waals surface area contributed by atoms with Gasteiger partial charge in [0.25, 0.3) is 0 Å². The fourth-order valence-corrected chi connectivity index (χ4v) is 3.73. The van der Waals surface area contributed by atoms with Gasteiger partial charge < -0.3 is 15.0 Å². The smallest absolute Gasteiger partial charge is 0.228 e. The van der Waals surface area contributed by atoms with Crippen molar-refractivity contribution in [2.24, 2.45) is 17.6 Å². The summed E-state index contributed by atoms with van der Waals surface area (Å²) >= 11 is 0. The van der Waals surface area contributed by atoms with Crippen molar-refractivity contribution >= 4 is 17.6 Å². The molecular formula is C20H24N4O3. The largest absolute Gasteiger partial charge is 0.491 e. The molecule has 0 bridgehead atoms. The predicted octanol–water partition coefficient (Wildman–Crippen LogP) is 1.98. The molecule has 1 aromatic heterocycles. The summed E-state index contributed by atoms with van der Waals surface area (Å²) in [5.74, 6) is 2.20. The molecule has 2 N–H and O–H groups in total. The molecule has 3 heterocycles. The van der Waals surface area contributed by atoms with Gasteiger partial charge in [0.05, 0.1) is 12.1 Å². The Morgan fingerprint density at radius 3 is 2.96 bits per heavy atom. The number of primary amides is 1. The van der Waals surface area contributed by atoms with Gasteiger partial charge in [-0.2, -0.15) is 0 Å². The first kappa shape index (κ1) is 17.6. The first-order valence-electron chi connectivity index (χ1n) is 9.35. The fraction of sp³-hybridized carbons (Fsp3) is 0.450. The second kappa shape index (κ2) is 6.72. The fourth-order valence-electron chi connectivity index (χ4n) is 3.73. The van der Waals surface area contributed by atoms with E-state index in [-0.39, 0.29) is 17.7 Å². The van der Waals surface area contributed by atoms with E-state index in [1.165, 1.54) is 0 Å². The number of carbonyl (C=O) groups excluding carboxylic acids is 2. The Morgan fingerprint density at radius 1 is 1.44 bits per heavy atom. The zero-order valence-electron chi connectivity index (χ0n) is 15.6. The van der Waals surface area contributed by atoms with E-state index in [9.17, 15) is 9.59 Å². The number of imidazole rings is 1. The van der Waals surface area contributed by atoms with Gasteiger partial charge in [-0.05, 0) is 30.0 Å². The summed E-state index contributed by atoms with van der Waals surface area (Å²) in [6.45, 7) is 5.80. The zero-order chi connectivity index (χ0) is 19.1. The van der Waals surface area contributed by atoms with Crippen LogP contribution in [0.1, 0.15) is 25.8 Å². The number of ether oxygens (including phenoxy) is 1. The van der Waals surface area contributed by atoms with Crippen LogP contribution in [0.25, 0.3) is 11.4 Å². The first-order chi connectivity index (χ1) is 12.9. The Hall–Kier alpha value is -2.83. The van der Waals surface area contributed by atoms with E-state index in [1.54, 1.807) is 4.90 Å². The monoisotopic (exact) mass is 368 g/mol. The molecule has 0 aliphatic carbocycles. The highest BCUT2D eigenvalue weighted by molar-refractivity contribution is 5.95. The van der Waals surface area contributed by atoms with Crippen LogP contribution in [-0.4, -0.2) is 34.5 Å². The number of hydrogen-bond acceptors (Lipinski definition) is 4. The molecule has 2 aromatic rings. The van der Waals surface area contributed by atoms with Crippen molar-refractivity contribution in [2.45, 2.75) is 33.2 Å². The average Bonchev–Trinajstić information content (AvgIpc) is 3.13. The minimum atomic E-state index is -0.310. The number of hydrogen-bond donors (Lipinski definition) is 1. The van der Waals surface area contributed by atoms with Gasteiger partial charge in [0.1, 0.15) is 18.2 Å². The molecule has 2 amide bonds. The number of anilines is 1. The third-order valence-corrected chi connectivity index (χ3v) is 5.26. The number of fused-ring (bicyclic) bond motifs is 3. The van der Waals surface area contributed by atoms with Gasteiger partial charge in [0.2, 0.25) is 11.8 Å². The van der Waals surface area contributed by atoms with E-state index in [4.69, 9.17) is 15.5 Å². The quantitative estimate of drug-likeness (QED) is 0.893. The number of aromatic nitrogens is 2. The molecule has 0 saturated carbocycles. The lowest BCUT2D eigenvalue weighted by Gasteiger charge is -2.13. The molecule has 0 unspecified atom stereocenters. The second-order valence-corrected chi connectivity index (χ2v) is 7.62. The summed E-state index contributed by atoms with van der Waals surface area (Å²) in [6.07, 6.45) is 3.09. The van der Waals surface area contributed by atoms with Crippen LogP contribution >= 0.6 is 0 Å². The van der Waals surface area contributed by atoms with E-state index in [2.05, 4.69) is 6.92 Å². The molecule has 7 nitrogen and oxygen atoms in total. The summed E-state index contributed by atoms with van der Waals surface area (Å²) in [4.78, 5) is 30.1. The molecule has 4 rings (SSSR count). The summed E-state index contributed by atoms with van der Waals surface area (Å²) in [5, 5.41) is 0. The molecule has 27 heavy (non-hydrogen) atoms. The van der Waals surface area contributed by atoms with Gasteiger partial charge in [-0.15, -0.1) is 0 Å². The van der Waals surface area contributed by atoms with Crippen LogP contribution in [0.3, 0.4) is 0 Å². The normalized spacial score (nSPS) is 19.9. The summed E-state index contributed by atoms with van der Waals surface area (Å²) in [7, 11) is 0. The molecule has 142 valence electrons. The van der Waals surface area contributed by atoms with Crippen LogP contribution < -0.4 is 15.4 Å². The molecule has 2 atom stereocenters. The van der Waals surface area contributed by atoms with Crippen molar-refractivity contribution in [1.82, 2.24) is 9.55 Å². The average molecular weight is 368 g/mol. The number of amides is 2. The molecule has 0 radical (unpaired) electrons. The molecule has 2 aliphatic rings. The van der Waals surface area contributed by atoms with Gasteiger partial charge in [-0.25, -0.2) is 4.98 Å². The first-order valence-corrected chi connectivity index (χ1v) is 9.35. The lowest BCUT2D eigenvalue weighted by molar-refractivity contribution is -0.121. The Morgan fingerprint density at radius 2 is 2.26 bits per heavy atom. The molecule has 7 heteroatoms. The molecule has 1 fully saturated rings. The Kier molecular flexibility index (Phi) is 4.37. The summed E-state index contributed by atoms with van der Waals surface area (Å²) < 4.78 is 7.96. The minimum absolute atomic E-state index is 0.128. The molecule has 2 aliphatic heterocycles. The molecular weight excluding hydrogens is 344 g/mol. The van der Waals surface area contributed by atoms with Crippen LogP contribution in [0.15, 0.2) is 24.4 Å². The standard InChI is InChI=1S/C20H24N4O3/c1-12-7-18(25)24(10-12)17-11-23-5-6-27-16-9-14(8-13(2)19(21)26)3-4-15(16)20(23)22-17/h3-4,9,11-13H,5-8,10H2,1-2H3,(H2,21,26)/t12-,13-/m1/s1. The number of carbonyl (C=O) groups is 2. The van der Waals surface area contributed by atoms with E-state index >= 15 is 0 Å². The minimum Gasteiger partial charge on any atom is -0.491 e. The summed E-state index contributed by atoms with van der Waals surface area (Å²) in [5.41, 5.74) is 7.28. The lowest BCUT2D eigenvalue weighted by Crippen LogP contribution is -2.24. The number of nitrogens with zero attached hydrogens (tertiary/aromatic N) is 3. The highest BCUT2D eigenvalue weighted by Gasteiger charge is 2.30. The van der Waals surface area contributed by atoms with Crippen molar-refractivity contribution < 1.29 is 14.3 Å². The van der Waals surface area contributed by atoms with Crippen LogP contribution in [-0.2, 0) is 22.6 Å². The maximum Gasteiger partial charge on any atom is 0.228 e. The van der Waals surface area contributed by atoms with Gasteiger partial charge in [0, 0.05) is 25.1 Å². The maximum absolute atomic E-state index is 12.2. The SMILES string of the molecule is C[C@@H]1CC(=O)N(c2cn3c(n2)-c2ccc(C[C@@H](C)C(N)=O)cc2OCC3)C1. The highest BCUT2D eigenvalue weighted by Crippen LogP contribution is 2.35. The van der Waals surface area contributed by atoms with Crippen LogP contribution in [0.5, 0.6) is 5.75 Å². The predicted molar refractivity (Wildman–Crippen MR) is 101 cm³/mol. The van der Waals surface area contributed by atoms with Crippen molar-refractivity contribution in [2.75, 3.05) is 18.1 Å². The van der Waals surface area contributed by atoms with E-state index < -0.39 is 0 Å². The highest BCUT2D eigenvalue weighted by atomic mass is 16.5. The van der Waals surface area contributed by atoms with Crippen molar-refractivity contribution in [3.63, 3.8) is 0 Å². The molecule has 1 saturated heterocycles. The Labute approximate surface area is 158 Å². The number of nitrogens with two attached hydrogens (primary N) is 1. The van der Waals surface area contributed by atoms with Gasteiger partial charge in [0.15, 0.2) is 5.82 Å². The molecule has 1 aromatic carbocycles. The van der Waals surface area contributed by atoms with E-state index in [0.717, 1.165) is 22.7 Å². The van der Waals surface area contributed by atoms with Gasteiger partial charge >= 0.3 is 0 Å². The Balaban J connectivity index is 1.67. The van der Waals surface area contributed by atoms with Crippen molar-refractivity contribution in [3.8, 4) is 17.1 Å². The van der Waals surface area contributed by atoms with Gasteiger partial charge in [-0.1, -0.05) is 19.9 Å². The van der Waals surface area contributed by atoms with Gasteiger partial charge in [-0.3, -0.25) is 14.5 Å². The number of benzene rings is 1. The number of rotatable bonds is 4.